The van der Waals surface area contributed by atoms with E-state index in [0.29, 0.717) is 36.6 Å². The fourth-order valence-corrected chi connectivity index (χ4v) is 13.7. The number of aliphatic hydroxyl groups is 1. The summed E-state index contributed by atoms with van der Waals surface area (Å²) in [5, 5.41) is 11.7. The van der Waals surface area contributed by atoms with Crippen LogP contribution in [0.25, 0.3) is 0 Å². The van der Waals surface area contributed by atoms with Crippen molar-refractivity contribution in [2.75, 3.05) is 36.6 Å². The largest absolute Gasteiger partial charge is 0.497 e. The van der Waals surface area contributed by atoms with Gasteiger partial charge in [0.2, 0.25) is 11.8 Å². The van der Waals surface area contributed by atoms with E-state index in [-0.39, 0.29) is 48.8 Å². The molecular weight excluding hydrogens is 754 g/mol. The van der Waals surface area contributed by atoms with Crippen molar-refractivity contribution in [2.45, 2.75) is 88.9 Å². The molecule has 3 amide bonds. The summed E-state index contributed by atoms with van der Waals surface area (Å²) in [6.45, 7) is 8.06. The quantitative estimate of drug-likeness (QED) is 0.147. The molecule has 1 N–H and O–H groups in total. The highest BCUT2D eigenvalue weighted by atomic mass is 35.5. The number of carbonyl (C=O) groups excluding carboxylic acids is 3. The highest BCUT2D eigenvalue weighted by Crippen LogP contribution is 2.60. The molecule has 1 spiro atoms. The Morgan fingerprint density at radius 1 is 0.947 bits per heavy atom. The SMILES string of the molecule is COc1ccc([Si](C)(C)[C@@H]2[C@@H](CC(=O)N(CCO)Cc3ccccc3)O[C@]3(C(=O)N(Cc4ccc(N5CCCCCCC5=O)cc4)c4ccc(Cl)cc43)[C@H]2C)cc1. The lowest BCUT2D eigenvalue weighted by molar-refractivity contribution is -0.150. The van der Waals surface area contributed by atoms with Crippen molar-refractivity contribution < 1.29 is 29.0 Å². The number of ether oxygens (including phenoxy) is 2. The minimum atomic E-state index is -2.53. The van der Waals surface area contributed by atoms with Crippen LogP contribution >= 0.6 is 11.6 Å². The van der Waals surface area contributed by atoms with Gasteiger partial charge in [0.25, 0.3) is 5.91 Å². The van der Waals surface area contributed by atoms with Crippen molar-refractivity contribution in [3.63, 3.8) is 0 Å². The molecule has 0 saturated carbocycles. The first-order chi connectivity index (χ1) is 27.5. The van der Waals surface area contributed by atoms with Gasteiger partial charge >= 0.3 is 0 Å². The van der Waals surface area contributed by atoms with Gasteiger partial charge in [-0.15, -0.1) is 0 Å². The van der Waals surface area contributed by atoms with Gasteiger partial charge in [0, 0.05) is 48.2 Å². The number of rotatable bonds is 12. The van der Waals surface area contributed by atoms with Gasteiger partial charge < -0.3 is 29.3 Å². The number of amides is 3. The van der Waals surface area contributed by atoms with E-state index >= 15 is 4.79 Å². The van der Waals surface area contributed by atoms with Crippen LogP contribution in [0.3, 0.4) is 0 Å². The van der Waals surface area contributed by atoms with Gasteiger partial charge in [-0.1, -0.05) is 104 Å². The Hall–Kier alpha value is -4.48. The first-order valence-electron chi connectivity index (χ1n) is 20.2. The number of carbonyl (C=O) groups is 3. The molecule has 2 saturated heterocycles. The molecule has 3 aliphatic heterocycles. The third kappa shape index (κ3) is 8.02. The molecule has 2 fully saturated rings. The number of anilines is 2. The third-order valence-corrected chi connectivity index (χ3v) is 17.1. The molecule has 0 bridgehead atoms. The minimum Gasteiger partial charge on any atom is -0.497 e. The van der Waals surface area contributed by atoms with Crippen LogP contribution < -0.4 is 19.7 Å². The smallest absolute Gasteiger partial charge is 0.264 e. The lowest BCUT2D eigenvalue weighted by Gasteiger charge is -2.37. The number of aliphatic hydroxyl groups excluding tert-OH is 1. The number of hydrogen-bond donors (Lipinski definition) is 1. The maximum atomic E-state index is 15.3. The second kappa shape index (κ2) is 17.2. The molecule has 0 radical (unpaired) electrons. The lowest BCUT2D eigenvalue weighted by atomic mass is 9.82. The van der Waals surface area contributed by atoms with Crippen LogP contribution in [0.15, 0.2) is 97.1 Å². The average Bonchev–Trinajstić information content (AvgIpc) is 3.62. The topological polar surface area (TPSA) is 99.6 Å². The molecule has 0 unspecified atom stereocenters. The number of benzene rings is 4. The fourth-order valence-electron chi connectivity index (χ4n) is 9.56. The van der Waals surface area contributed by atoms with Gasteiger partial charge in [0.05, 0.1) is 46.5 Å². The number of hydrogen-bond acceptors (Lipinski definition) is 6. The summed E-state index contributed by atoms with van der Waals surface area (Å²) in [4.78, 5) is 48.1. The molecular formula is C46H54ClN3O6Si. The molecule has 3 heterocycles. The Bertz CT molecular complexity index is 2060. The maximum absolute atomic E-state index is 15.3. The van der Waals surface area contributed by atoms with Crippen molar-refractivity contribution in [1.29, 1.82) is 0 Å². The second-order valence-corrected chi connectivity index (χ2v) is 21.4. The monoisotopic (exact) mass is 807 g/mol. The molecule has 4 aromatic carbocycles. The van der Waals surface area contributed by atoms with Gasteiger partial charge in [0.15, 0.2) is 5.60 Å². The normalized spacial score (nSPS) is 22.4. The number of methoxy groups -OCH3 is 1. The van der Waals surface area contributed by atoms with E-state index in [1.54, 1.807) is 23.0 Å². The van der Waals surface area contributed by atoms with Crippen molar-refractivity contribution in [2.24, 2.45) is 5.92 Å². The van der Waals surface area contributed by atoms with Crippen LogP contribution in [0.2, 0.25) is 23.7 Å². The van der Waals surface area contributed by atoms with E-state index in [2.05, 4.69) is 32.2 Å². The lowest BCUT2D eigenvalue weighted by Crippen LogP contribution is -2.52. The van der Waals surface area contributed by atoms with E-state index in [1.165, 1.54) is 5.19 Å². The van der Waals surface area contributed by atoms with E-state index in [9.17, 15) is 14.7 Å². The molecule has 4 aromatic rings. The van der Waals surface area contributed by atoms with Gasteiger partial charge in [-0.2, -0.15) is 0 Å². The molecule has 57 heavy (non-hydrogen) atoms. The maximum Gasteiger partial charge on any atom is 0.264 e. The molecule has 3 aliphatic rings. The molecule has 11 heteroatoms. The van der Waals surface area contributed by atoms with Crippen LogP contribution in [-0.4, -0.2) is 68.7 Å². The highest BCUT2D eigenvalue weighted by Gasteiger charge is 2.66. The van der Waals surface area contributed by atoms with E-state index in [4.69, 9.17) is 21.1 Å². The summed E-state index contributed by atoms with van der Waals surface area (Å²) >= 11 is 6.73. The van der Waals surface area contributed by atoms with Crippen molar-refractivity contribution in [1.82, 2.24) is 4.90 Å². The average molecular weight is 808 g/mol. The summed E-state index contributed by atoms with van der Waals surface area (Å²) in [6, 6.07) is 31.4. The number of fused-ring (bicyclic) bond motifs is 2. The molecule has 300 valence electrons. The Balaban J connectivity index is 1.24. The fraction of sp³-hybridized carbons (Fsp3) is 0.413. The summed E-state index contributed by atoms with van der Waals surface area (Å²) < 4.78 is 12.7. The highest BCUT2D eigenvalue weighted by molar-refractivity contribution is 6.91. The Labute approximate surface area is 342 Å². The summed E-state index contributed by atoms with van der Waals surface area (Å²) in [6.07, 6.45) is 4.12. The number of nitrogens with zero attached hydrogens (tertiary/aromatic N) is 3. The minimum absolute atomic E-state index is 0.0516. The zero-order valence-electron chi connectivity index (χ0n) is 33.5. The van der Waals surface area contributed by atoms with Gasteiger partial charge in [0.1, 0.15) is 5.75 Å². The predicted octanol–water partition coefficient (Wildman–Crippen LogP) is 7.82. The third-order valence-electron chi connectivity index (χ3n) is 12.5. The Morgan fingerprint density at radius 2 is 1.67 bits per heavy atom. The standard InChI is InChI=1S/C46H54ClN3O6Si/c1-32-44(57(3,4)38-22-20-37(55-2)21-23-38)41(29-43(53)48(26-27-51)30-33-12-8-7-9-13-33)56-46(32)39-28-35(47)17-24-40(39)50(45(46)54)31-34-15-18-36(19-16-34)49-25-11-6-5-10-14-42(49)52/h7-9,12-13,15-24,28,32,41,44,51H,5-6,10-11,14,25-27,29-31H2,1-4H3/t32-,41+,44-,46+/m0/s1. The van der Waals surface area contributed by atoms with E-state index in [0.717, 1.165) is 53.9 Å². The predicted molar refractivity (Wildman–Crippen MR) is 228 cm³/mol. The zero-order chi connectivity index (χ0) is 40.3. The van der Waals surface area contributed by atoms with Crippen LogP contribution in [0, 0.1) is 5.92 Å². The van der Waals surface area contributed by atoms with Crippen LogP contribution in [0.4, 0.5) is 11.4 Å². The Morgan fingerprint density at radius 3 is 2.37 bits per heavy atom. The summed E-state index contributed by atoms with van der Waals surface area (Å²) in [5.74, 6) is 0.273. The molecule has 9 nitrogen and oxygen atoms in total. The van der Waals surface area contributed by atoms with E-state index < -0.39 is 19.8 Å². The molecule has 4 atom stereocenters. The first kappa shape index (κ1) is 40.7. The van der Waals surface area contributed by atoms with Gasteiger partial charge in [-0.05, 0) is 72.0 Å². The first-order valence-corrected chi connectivity index (χ1v) is 23.7. The molecule has 0 aromatic heterocycles. The molecule has 7 rings (SSSR count). The van der Waals surface area contributed by atoms with Crippen molar-refractivity contribution in [3.8, 4) is 5.75 Å². The number of halogens is 1. The Kier molecular flexibility index (Phi) is 12.3. The van der Waals surface area contributed by atoms with Crippen LogP contribution in [-0.2, 0) is 37.8 Å². The van der Waals surface area contributed by atoms with Crippen LogP contribution in [0.1, 0.15) is 62.1 Å². The zero-order valence-corrected chi connectivity index (χ0v) is 35.2. The second-order valence-electron chi connectivity index (χ2n) is 16.3. The summed E-state index contributed by atoms with van der Waals surface area (Å²) in [5.41, 5.74) is 2.67. The summed E-state index contributed by atoms with van der Waals surface area (Å²) in [7, 11) is -0.880. The van der Waals surface area contributed by atoms with Crippen molar-refractivity contribution >= 4 is 54.0 Å². The van der Waals surface area contributed by atoms with Gasteiger partial charge in [-0.3, -0.25) is 14.4 Å². The van der Waals surface area contributed by atoms with Crippen molar-refractivity contribution in [3.05, 3.63) is 119 Å². The van der Waals surface area contributed by atoms with Crippen LogP contribution in [0.5, 0.6) is 5.75 Å². The van der Waals surface area contributed by atoms with Gasteiger partial charge in [-0.25, -0.2) is 0 Å². The van der Waals surface area contributed by atoms with E-state index in [1.807, 2.05) is 83.8 Å². The molecule has 0 aliphatic carbocycles.